The normalized spacial score (nSPS) is 19.7. The zero-order valence-electron chi connectivity index (χ0n) is 12.4. The van der Waals surface area contributed by atoms with E-state index >= 15 is 0 Å². The highest BCUT2D eigenvalue weighted by Crippen LogP contribution is 2.10. The fraction of sp³-hybridized carbons (Fsp3) is 0.400. The molecular formula is C15H18N2O5S. The number of nitrogens with one attached hydrogen (secondary N) is 2. The highest BCUT2D eigenvalue weighted by atomic mass is 32.2. The largest absolute Gasteiger partial charge is 0.480 e. The maximum Gasteiger partial charge on any atom is 0.326 e. The van der Waals surface area contributed by atoms with E-state index in [1.165, 1.54) is 0 Å². The number of hydrogen-bond donors (Lipinski definition) is 3. The standard InChI is InChI=1S/C15H18N2O5S/c18-13-7-6-11(16-13)14(19)17-12(15(20)21)8-9-23(22)10-4-2-1-3-5-10/h1-5,11-12H,6-9H2,(H,16,18)(H,17,19)(H,20,21)/t11-,12-,23-/m1/s1. The summed E-state index contributed by atoms with van der Waals surface area (Å²) in [7, 11) is -1.33. The van der Waals surface area contributed by atoms with Gasteiger partial charge in [0.2, 0.25) is 11.8 Å². The molecule has 8 heteroatoms. The van der Waals surface area contributed by atoms with Crippen LogP contribution in [0.25, 0.3) is 0 Å². The van der Waals surface area contributed by atoms with Crippen LogP contribution in [0.4, 0.5) is 0 Å². The summed E-state index contributed by atoms with van der Waals surface area (Å²) in [6.07, 6.45) is 0.657. The maximum atomic E-state index is 12.1. The Bertz CT molecular complexity index is 620. The first-order valence-corrected chi connectivity index (χ1v) is 8.55. The fourth-order valence-electron chi connectivity index (χ4n) is 2.26. The molecule has 0 aromatic heterocycles. The minimum atomic E-state index is -1.33. The predicted molar refractivity (Wildman–Crippen MR) is 83.1 cm³/mol. The van der Waals surface area contributed by atoms with E-state index in [1.54, 1.807) is 30.3 Å². The smallest absolute Gasteiger partial charge is 0.326 e. The van der Waals surface area contributed by atoms with Gasteiger partial charge < -0.3 is 15.7 Å². The minimum Gasteiger partial charge on any atom is -0.480 e. The molecule has 2 amide bonds. The molecular weight excluding hydrogens is 320 g/mol. The average molecular weight is 338 g/mol. The van der Waals surface area contributed by atoms with E-state index < -0.39 is 34.8 Å². The van der Waals surface area contributed by atoms with E-state index in [0.29, 0.717) is 11.3 Å². The lowest BCUT2D eigenvalue weighted by molar-refractivity contribution is -0.142. The Balaban J connectivity index is 1.89. The van der Waals surface area contributed by atoms with Crippen molar-refractivity contribution in [2.75, 3.05) is 5.75 Å². The molecule has 1 fully saturated rings. The van der Waals surface area contributed by atoms with Crippen LogP contribution in [0.15, 0.2) is 35.2 Å². The van der Waals surface area contributed by atoms with Gasteiger partial charge in [0.25, 0.3) is 0 Å². The van der Waals surface area contributed by atoms with Gasteiger partial charge in [-0.15, -0.1) is 0 Å². The van der Waals surface area contributed by atoms with E-state index in [2.05, 4.69) is 10.6 Å². The molecule has 1 saturated heterocycles. The highest BCUT2D eigenvalue weighted by molar-refractivity contribution is 7.85. The third kappa shape index (κ3) is 4.88. The van der Waals surface area contributed by atoms with Crippen LogP contribution in [0.5, 0.6) is 0 Å². The van der Waals surface area contributed by atoms with Crippen molar-refractivity contribution in [2.24, 2.45) is 0 Å². The molecule has 1 heterocycles. The van der Waals surface area contributed by atoms with E-state index in [1.807, 2.05) is 0 Å². The summed E-state index contributed by atoms with van der Waals surface area (Å²) < 4.78 is 12.1. The van der Waals surface area contributed by atoms with Gasteiger partial charge in [-0.2, -0.15) is 0 Å². The molecule has 1 aliphatic rings. The Morgan fingerprint density at radius 2 is 2.04 bits per heavy atom. The van der Waals surface area contributed by atoms with Gasteiger partial charge >= 0.3 is 5.97 Å². The number of rotatable bonds is 7. The van der Waals surface area contributed by atoms with Crippen LogP contribution in [-0.2, 0) is 25.2 Å². The summed E-state index contributed by atoms with van der Waals surface area (Å²) in [6.45, 7) is 0. The van der Waals surface area contributed by atoms with Gasteiger partial charge in [0.05, 0.1) is 10.8 Å². The van der Waals surface area contributed by atoms with Crippen LogP contribution in [0.3, 0.4) is 0 Å². The lowest BCUT2D eigenvalue weighted by Gasteiger charge is -2.17. The number of benzene rings is 1. The second kappa shape index (κ2) is 7.87. The molecule has 0 spiro atoms. The SMILES string of the molecule is O=C1CC[C@H](C(=O)N[C@H](CC[S@@](=O)c2ccccc2)C(=O)O)N1. The second-order valence-corrected chi connectivity index (χ2v) is 6.78. The van der Waals surface area contributed by atoms with Gasteiger partial charge in [-0.3, -0.25) is 13.8 Å². The molecule has 23 heavy (non-hydrogen) atoms. The summed E-state index contributed by atoms with van der Waals surface area (Å²) in [5, 5.41) is 14.1. The summed E-state index contributed by atoms with van der Waals surface area (Å²) in [5.41, 5.74) is 0. The fourth-order valence-corrected chi connectivity index (χ4v) is 3.40. The van der Waals surface area contributed by atoms with Crippen LogP contribution in [0, 0.1) is 0 Å². The molecule has 124 valence electrons. The van der Waals surface area contributed by atoms with Crippen molar-refractivity contribution >= 4 is 28.6 Å². The molecule has 3 atom stereocenters. The topological polar surface area (TPSA) is 113 Å². The molecule has 7 nitrogen and oxygen atoms in total. The first kappa shape index (κ1) is 17.1. The van der Waals surface area contributed by atoms with Crippen LogP contribution < -0.4 is 10.6 Å². The Hall–Kier alpha value is -2.22. The summed E-state index contributed by atoms with van der Waals surface area (Å²) in [5.74, 6) is -1.80. The van der Waals surface area contributed by atoms with E-state index in [9.17, 15) is 23.7 Å². The lowest BCUT2D eigenvalue weighted by atomic mass is 10.1. The van der Waals surface area contributed by atoms with Gasteiger partial charge in [0.1, 0.15) is 12.1 Å². The lowest BCUT2D eigenvalue weighted by Crippen LogP contribution is -2.49. The van der Waals surface area contributed by atoms with Crippen molar-refractivity contribution in [1.82, 2.24) is 10.6 Å². The van der Waals surface area contributed by atoms with E-state index in [4.69, 9.17) is 0 Å². The molecule has 1 aliphatic heterocycles. The molecule has 0 aliphatic carbocycles. The number of carbonyl (C=O) groups excluding carboxylic acids is 2. The molecule has 1 aromatic rings. The Morgan fingerprint density at radius 3 is 2.61 bits per heavy atom. The average Bonchev–Trinajstić information content (AvgIpc) is 2.98. The van der Waals surface area contributed by atoms with Crippen molar-refractivity contribution in [3.63, 3.8) is 0 Å². The monoisotopic (exact) mass is 338 g/mol. The van der Waals surface area contributed by atoms with Crippen molar-refractivity contribution in [3.8, 4) is 0 Å². The van der Waals surface area contributed by atoms with Gasteiger partial charge in [0.15, 0.2) is 0 Å². The van der Waals surface area contributed by atoms with Crippen molar-refractivity contribution in [1.29, 1.82) is 0 Å². The van der Waals surface area contributed by atoms with Gasteiger partial charge in [-0.25, -0.2) is 4.79 Å². The Morgan fingerprint density at radius 1 is 1.35 bits per heavy atom. The third-order valence-corrected chi connectivity index (χ3v) is 4.93. The molecule has 0 unspecified atom stereocenters. The van der Waals surface area contributed by atoms with E-state index in [0.717, 1.165) is 0 Å². The molecule has 3 N–H and O–H groups in total. The quantitative estimate of drug-likeness (QED) is 0.649. The summed E-state index contributed by atoms with van der Waals surface area (Å²) in [6, 6.07) is 6.91. The summed E-state index contributed by atoms with van der Waals surface area (Å²) >= 11 is 0. The number of carboxylic acid groups (broad SMARTS) is 1. The predicted octanol–water partition coefficient (Wildman–Crippen LogP) is 0.0323. The van der Waals surface area contributed by atoms with Crippen LogP contribution in [0.1, 0.15) is 19.3 Å². The van der Waals surface area contributed by atoms with Gasteiger partial charge in [-0.05, 0) is 25.0 Å². The highest BCUT2D eigenvalue weighted by Gasteiger charge is 2.30. The third-order valence-electron chi connectivity index (χ3n) is 3.52. The summed E-state index contributed by atoms with van der Waals surface area (Å²) in [4.78, 5) is 34.9. The Kier molecular flexibility index (Phi) is 5.86. The van der Waals surface area contributed by atoms with Crippen molar-refractivity contribution in [3.05, 3.63) is 30.3 Å². The number of hydrogen-bond acceptors (Lipinski definition) is 4. The van der Waals surface area contributed by atoms with Crippen LogP contribution in [-0.4, -0.2) is 44.9 Å². The molecule has 0 radical (unpaired) electrons. The molecule has 0 bridgehead atoms. The number of aliphatic carboxylic acids is 1. The van der Waals surface area contributed by atoms with E-state index in [-0.39, 0.29) is 24.5 Å². The minimum absolute atomic E-state index is 0.0449. The number of amides is 2. The Labute approximate surface area is 135 Å². The van der Waals surface area contributed by atoms with Crippen molar-refractivity contribution < 1.29 is 23.7 Å². The number of carbonyl (C=O) groups is 3. The van der Waals surface area contributed by atoms with Gasteiger partial charge in [-0.1, -0.05) is 18.2 Å². The zero-order valence-corrected chi connectivity index (χ0v) is 13.2. The first-order valence-electron chi connectivity index (χ1n) is 7.23. The maximum absolute atomic E-state index is 12.1. The van der Waals surface area contributed by atoms with Crippen LogP contribution >= 0.6 is 0 Å². The van der Waals surface area contributed by atoms with Gasteiger partial charge in [0, 0.05) is 17.1 Å². The first-order chi connectivity index (χ1) is 11.0. The molecule has 0 saturated carbocycles. The zero-order chi connectivity index (χ0) is 16.8. The number of carboxylic acids is 1. The second-order valence-electron chi connectivity index (χ2n) is 5.21. The molecule has 2 rings (SSSR count). The van der Waals surface area contributed by atoms with Crippen LogP contribution in [0.2, 0.25) is 0 Å². The van der Waals surface area contributed by atoms with Crippen molar-refractivity contribution in [2.45, 2.75) is 36.2 Å². The molecule has 1 aromatic carbocycles.